The third-order valence-corrected chi connectivity index (χ3v) is 3.39. The highest BCUT2D eigenvalue weighted by Crippen LogP contribution is 2.19. The minimum atomic E-state index is 0.204. The van der Waals surface area contributed by atoms with Crippen LogP contribution < -0.4 is 5.32 Å². The molecule has 0 amide bonds. The Morgan fingerprint density at radius 2 is 2.11 bits per heavy atom. The van der Waals surface area contributed by atoms with Crippen LogP contribution >= 0.6 is 15.9 Å². The smallest absolute Gasteiger partial charge is 0.138 e. The molecule has 0 aromatic carbocycles. The van der Waals surface area contributed by atoms with E-state index in [1.54, 1.807) is 18.3 Å². The van der Waals surface area contributed by atoms with Crippen molar-refractivity contribution in [2.75, 3.05) is 5.32 Å². The summed E-state index contributed by atoms with van der Waals surface area (Å²) in [4.78, 5) is 8.49. The van der Waals surface area contributed by atoms with E-state index in [-0.39, 0.29) is 5.75 Å². The summed E-state index contributed by atoms with van der Waals surface area (Å²) in [6, 6.07) is 5.43. The van der Waals surface area contributed by atoms with E-state index in [1.165, 1.54) is 0 Å². The summed E-state index contributed by atoms with van der Waals surface area (Å²) in [5.41, 5.74) is 3.48. The van der Waals surface area contributed by atoms with Crippen LogP contribution in [0.3, 0.4) is 0 Å². The van der Waals surface area contributed by atoms with E-state index in [9.17, 15) is 5.11 Å². The molecule has 0 unspecified atom stereocenters. The second-order valence-electron chi connectivity index (χ2n) is 4.10. The molecule has 0 radical (unpaired) electrons. The van der Waals surface area contributed by atoms with E-state index in [0.29, 0.717) is 12.2 Å². The zero-order chi connectivity index (χ0) is 13.1. The Kier molecular flexibility index (Phi) is 3.81. The number of hydrogen-bond acceptors (Lipinski definition) is 4. The first-order chi connectivity index (χ1) is 8.56. The van der Waals surface area contributed by atoms with Gasteiger partial charge in [-0.1, -0.05) is 0 Å². The average Bonchev–Trinajstić information content (AvgIpc) is 2.34. The fraction of sp³-hybridized carbons (Fsp3) is 0.231. The largest absolute Gasteiger partial charge is 0.506 e. The third-order valence-electron chi connectivity index (χ3n) is 2.56. The van der Waals surface area contributed by atoms with Gasteiger partial charge in [0.1, 0.15) is 16.0 Å². The van der Waals surface area contributed by atoms with Crippen LogP contribution in [-0.2, 0) is 6.54 Å². The van der Waals surface area contributed by atoms with Crippen LogP contribution in [0.2, 0.25) is 0 Å². The molecule has 4 nitrogen and oxygen atoms in total. The Bertz CT molecular complexity index is 572. The van der Waals surface area contributed by atoms with Gasteiger partial charge in [-0.05, 0) is 53.5 Å². The summed E-state index contributed by atoms with van der Waals surface area (Å²) < 4.78 is 0.838. The maximum absolute atomic E-state index is 9.69. The standard InChI is InChI=1S/C13H14BrN3O/c1-8-5-10(6-16-13(8)14)15-7-11-12(18)4-3-9(2)17-11/h3-6,15,18H,7H2,1-2H3. The number of anilines is 1. The van der Waals surface area contributed by atoms with Gasteiger partial charge in [0.15, 0.2) is 0 Å². The monoisotopic (exact) mass is 307 g/mol. The van der Waals surface area contributed by atoms with E-state index >= 15 is 0 Å². The molecule has 94 valence electrons. The summed E-state index contributed by atoms with van der Waals surface area (Å²) >= 11 is 3.36. The first-order valence-electron chi connectivity index (χ1n) is 5.58. The van der Waals surface area contributed by atoms with Crippen molar-refractivity contribution in [2.45, 2.75) is 20.4 Å². The van der Waals surface area contributed by atoms with Crippen LogP contribution in [0, 0.1) is 13.8 Å². The van der Waals surface area contributed by atoms with Gasteiger partial charge in [0.05, 0.1) is 18.4 Å². The predicted molar refractivity (Wildman–Crippen MR) is 74.6 cm³/mol. The molecule has 18 heavy (non-hydrogen) atoms. The van der Waals surface area contributed by atoms with Gasteiger partial charge in [0.2, 0.25) is 0 Å². The van der Waals surface area contributed by atoms with Crippen molar-refractivity contribution in [1.82, 2.24) is 9.97 Å². The molecular weight excluding hydrogens is 294 g/mol. The molecule has 0 bridgehead atoms. The maximum atomic E-state index is 9.69. The molecule has 0 saturated heterocycles. The van der Waals surface area contributed by atoms with Gasteiger partial charge >= 0.3 is 0 Å². The maximum Gasteiger partial charge on any atom is 0.138 e. The molecule has 2 heterocycles. The summed E-state index contributed by atoms with van der Waals surface area (Å²) in [5.74, 6) is 0.204. The van der Waals surface area contributed by atoms with Crippen molar-refractivity contribution < 1.29 is 5.11 Å². The van der Waals surface area contributed by atoms with Crippen molar-refractivity contribution in [1.29, 1.82) is 0 Å². The molecule has 2 aromatic heterocycles. The second-order valence-corrected chi connectivity index (χ2v) is 4.85. The number of aromatic nitrogens is 2. The minimum Gasteiger partial charge on any atom is -0.506 e. The van der Waals surface area contributed by atoms with Crippen LogP contribution in [0.15, 0.2) is 29.0 Å². The number of nitrogens with one attached hydrogen (secondary N) is 1. The number of nitrogens with zero attached hydrogens (tertiary/aromatic N) is 2. The van der Waals surface area contributed by atoms with E-state index in [0.717, 1.165) is 21.5 Å². The number of rotatable bonds is 3. The summed E-state index contributed by atoms with van der Waals surface area (Å²) in [7, 11) is 0. The van der Waals surface area contributed by atoms with Gasteiger partial charge in [-0.15, -0.1) is 0 Å². The van der Waals surface area contributed by atoms with Crippen LogP contribution in [0.4, 0.5) is 5.69 Å². The van der Waals surface area contributed by atoms with Crippen LogP contribution in [0.25, 0.3) is 0 Å². The topological polar surface area (TPSA) is 58.0 Å². The lowest BCUT2D eigenvalue weighted by Gasteiger charge is -2.09. The molecule has 2 aromatic rings. The molecule has 5 heteroatoms. The molecule has 0 aliphatic heterocycles. The SMILES string of the molecule is Cc1ccc(O)c(CNc2cnc(Br)c(C)c2)n1. The lowest BCUT2D eigenvalue weighted by Crippen LogP contribution is -2.03. The first-order valence-corrected chi connectivity index (χ1v) is 6.37. The fourth-order valence-corrected chi connectivity index (χ4v) is 1.79. The number of aromatic hydroxyl groups is 1. The van der Waals surface area contributed by atoms with Gasteiger partial charge in [0, 0.05) is 5.69 Å². The zero-order valence-electron chi connectivity index (χ0n) is 10.2. The molecule has 2 rings (SSSR count). The van der Waals surface area contributed by atoms with Gasteiger partial charge < -0.3 is 10.4 Å². The number of hydrogen-bond donors (Lipinski definition) is 2. The molecule has 0 aliphatic rings. The second kappa shape index (κ2) is 5.35. The van der Waals surface area contributed by atoms with Crippen LogP contribution in [-0.4, -0.2) is 15.1 Å². The summed E-state index contributed by atoms with van der Waals surface area (Å²) in [6.45, 7) is 4.34. The Balaban J connectivity index is 2.11. The van der Waals surface area contributed by atoms with E-state index in [2.05, 4.69) is 31.2 Å². The molecule has 0 saturated carbocycles. The number of pyridine rings is 2. The lowest BCUT2D eigenvalue weighted by molar-refractivity contribution is 0.464. The highest BCUT2D eigenvalue weighted by Gasteiger charge is 2.04. The fourth-order valence-electron chi connectivity index (χ4n) is 1.57. The van der Waals surface area contributed by atoms with E-state index in [4.69, 9.17) is 0 Å². The summed E-state index contributed by atoms with van der Waals surface area (Å²) in [5, 5.41) is 12.9. The van der Waals surface area contributed by atoms with Crippen LogP contribution in [0.1, 0.15) is 17.0 Å². The molecule has 0 atom stereocenters. The van der Waals surface area contributed by atoms with Crippen molar-refractivity contribution in [3.8, 4) is 5.75 Å². The Hall–Kier alpha value is -1.62. The predicted octanol–water partition coefficient (Wildman–Crippen LogP) is 3.17. The van der Waals surface area contributed by atoms with Gasteiger partial charge in [0.25, 0.3) is 0 Å². The number of aryl methyl sites for hydroxylation is 2. The van der Waals surface area contributed by atoms with Gasteiger partial charge in [-0.3, -0.25) is 4.98 Å². The Labute approximate surface area is 114 Å². The molecule has 0 fully saturated rings. The normalized spacial score (nSPS) is 10.4. The van der Waals surface area contributed by atoms with Crippen LogP contribution in [0.5, 0.6) is 5.75 Å². The van der Waals surface area contributed by atoms with Crippen molar-refractivity contribution in [3.05, 3.63) is 46.0 Å². The summed E-state index contributed by atoms with van der Waals surface area (Å²) in [6.07, 6.45) is 1.74. The molecule has 2 N–H and O–H groups in total. The minimum absolute atomic E-state index is 0.204. The Morgan fingerprint density at radius 3 is 2.83 bits per heavy atom. The van der Waals surface area contributed by atoms with Crippen molar-refractivity contribution in [2.24, 2.45) is 0 Å². The average molecular weight is 308 g/mol. The number of halogens is 1. The van der Waals surface area contributed by atoms with E-state index in [1.807, 2.05) is 19.9 Å². The first kappa shape index (κ1) is 12.8. The highest BCUT2D eigenvalue weighted by atomic mass is 79.9. The molecule has 0 spiro atoms. The highest BCUT2D eigenvalue weighted by molar-refractivity contribution is 9.10. The Morgan fingerprint density at radius 1 is 1.33 bits per heavy atom. The molecular formula is C13H14BrN3O. The zero-order valence-corrected chi connectivity index (χ0v) is 11.8. The van der Waals surface area contributed by atoms with Gasteiger partial charge in [-0.25, -0.2) is 4.98 Å². The third kappa shape index (κ3) is 2.98. The molecule has 0 aliphatic carbocycles. The quantitative estimate of drug-likeness (QED) is 0.855. The lowest BCUT2D eigenvalue weighted by atomic mass is 10.2. The van der Waals surface area contributed by atoms with Crippen molar-refractivity contribution >= 4 is 21.6 Å². The van der Waals surface area contributed by atoms with Crippen molar-refractivity contribution in [3.63, 3.8) is 0 Å². The van der Waals surface area contributed by atoms with Gasteiger partial charge in [-0.2, -0.15) is 0 Å². The van der Waals surface area contributed by atoms with E-state index < -0.39 is 0 Å².